The van der Waals surface area contributed by atoms with Gasteiger partial charge in [0.2, 0.25) is 5.82 Å². The third-order valence-corrected chi connectivity index (χ3v) is 3.01. The number of phenolic OH excluding ortho intramolecular Hbond substituents is 2. The first-order valence-electron chi connectivity index (χ1n) is 4.89. The lowest BCUT2D eigenvalue weighted by Gasteiger charge is -2.15. The number of aliphatic carboxylic acids is 1. The number of hydrogen-bond donors (Lipinski definition) is 3. The Bertz CT molecular complexity index is 452. The molecule has 0 bridgehead atoms. The number of aromatic hydroxyl groups is 2. The van der Waals surface area contributed by atoms with Gasteiger partial charge in [-0.1, -0.05) is 6.07 Å². The van der Waals surface area contributed by atoms with E-state index in [-0.39, 0.29) is 12.0 Å². The lowest BCUT2D eigenvalue weighted by Crippen LogP contribution is -2.13. The Labute approximate surface area is 91.0 Å². The van der Waals surface area contributed by atoms with Gasteiger partial charge in [-0.2, -0.15) is 4.39 Å². The highest BCUT2D eigenvalue weighted by Crippen LogP contribution is 2.54. The maximum Gasteiger partial charge on any atom is 0.304 e. The molecule has 0 aliphatic heterocycles. The maximum atomic E-state index is 13.2. The van der Waals surface area contributed by atoms with E-state index in [0.717, 1.165) is 6.07 Å². The quantitative estimate of drug-likeness (QED) is 0.733. The van der Waals surface area contributed by atoms with E-state index in [2.05, 4.69) is 0 Å². The SMILES string of the molecule is O=C(O)CC1(c2ccc(O)c(F)c2O)CC1. The van der Waals surface area contributed by atoms with Gasteiger partial charge in [0.25, 0.3) is 0 Å². The second-order valence-corrected chi connectivity index (χ2v) is 4.15. The van der Waals surface area contributed by atoms with E-state index in [1.807, 2.05) is 0 Å². The van der Waals surface area contributed by atoms with Crippen LogP contribution in [0.3, 0.4) is 0 Å². The summed E-state index contributed by atoms with van der Waals surface area (Å²) in [5, 5.41) is 27.3. The van der Waals surface area contributed by atoms with Crippen LogP contribution in [0, 0.1) is 5.82 Å². The second kappa shape index (κ2) is 3.37. The first-order chi connectivity index (χ1) is 7.46. The van der Waals surface area contributed by atoms with Crippen molar-refractivity contribution < 1.29 is 24.5 Å². The number of hydrogen-bond acceptors (Lipinski definition) is 3. The van der Waals surface area contributed by atoms with Crippen LogP contribution in [0.4, 0.5) is 4.39 Å². The van der Waals surface area contributed by atoms with Gasteiger partial charge in [0.15, 0.2) is 11.5 Å². The molecule has 0 spiro atoms. The summed E-state index contributed by atoms with van der Waals surface area (Å²) in [7, 11) is 0. The Balaban J connectivity index is 2.42. The summed E-state index contributed by atoms with van der Waals surface area (Å²) in [6, 6.07) is 2.51. The zero-order chi connectivity index (χ0) is 11.9. The normalized spacial score (nSPS) is 17.1. The van der Waals surface area contributed by atoms with Gasteiger partial charge in [0, 0.05) is 11.0 Å². The monoisotopic (exact) mass is 226 g/mol. The van der Waals surface area contributed by atoms with Gasteiger partial charge in [0.1, 0.15) is 0 Å². The highest BCUT2D eigenvalue weighted by molar-refractivity contribution is 5.70. The summed E-state index contributed by atoms with van der Waals surface area (Å²) < 4.78 is 13.2. The van der Waals surface area contributed by atoms with E-state index in [1.165, 1.54) is 6.07 Å². The molecule has 0 unspecified atom stereocenters. The number of benzene rings is 1. The molecular formula is C11H11FO4. The molecule has 1 aliphatic carbocycles. The molecule has 0 amide bonds. The molecule has 0 radical (unpaired) electrons. The smallest absolute Gasteiger partial charge is 0.304 e. The van der Waals surface area contributed by atoms with Gasteiger partial charge in [-0.3, -0.25) is 4.79 Å². The van der Waals surface area contributed by atoms with Gasteiger partial charge < -0.3 is 15.3 Å². The minimum atomic E-state index is -1.09. The van der Waals surface area contributed by atoms with Crippen molar-refractivity contribution in [2.24, 2.45) is 0 Å². The second-order valence-electron chi connectivity index (χ2n) is 4.15. The zero-order valence-electron chi connectivity index (χ0n) is 8.40. The van der Waals surface area contributed by atoms with E-state index in [1.54, 1.807) is 0 Å². The molecule has 2 rings (SSSR count). The van der Waals surface area contributed by atoms with Crippen LogP contribution in [0.15, 0.2) is 12.1 Å². The fourth-order valence-electron chi connectivity index (χ4n) is 1.96. The molecule has 5 heteroatoms. The third kappa shape index (κ3) is 1.58. The Morgan fingerprint density at radius 1 is 1.38 bits per heavy atom. The summed E-state index contributed by atoms with van der Waals surface area (Å²) >= 11 is 0. The predicted molar refractivity (Wildman–Crippen MR) is 52.9 cm³/mol. The Morgan fingerprint density at radius 2 is 2.00 bits per heavy atom. The molecule has 3 N–H and O–H groups in total. The number of carboxylic acids is 1. The summed E-state index contributed by atoms with van der Waals surface area (Å²) in [5.74, 6) is -3.34. The van der Waals surface area contributed by atoms with E-state index >= 15 is 0 Å². The molecule has 1 aromatic rings. The molecular weight excluding hydrogens is 215 g/mol. The maximum absolute atomic E-state index is 13.2. The van der Waals surface area contributed by atoms with E-state index in [4.69, 9.17) is 10.2 Å². The average Bonchev–Trinajstić information content (AvgIpc) is 2.94. The van der Waals surface area contributed by atoms with Crippen LogP contribution in [-0.4, -0.2) is 21.3 Å². The van der Waals surface area contributed by atoms with Crippen LogP contribution < -0.4 is 0 Å². The Morgan fingerprint density at radius 3 is 2.50 bits per heavy atom. The van der Waals surface area contributed by atoms with Crippen LogP contribution in [0.25, 0.3) is 0 Å². The molecule has 0 saturated heterocycles. The van der Waals surface area contributed by atoms with Crippen molar-refractivity contribution in [1.82, 2.24) is 0 Å². The Hall–Kier alpha value is -1.78. The molecule has 0 atom stereocenters. The Kier molecular flexibility index (Phi) is 2.26. The van der Waals surface area contributed by atoms with Crippen molar-refractivity contribution in [3.63, 3.8) is 0 Å². The van der Waals surface area contributed by atoms with Crippen molar-refractivity contribution in [3.8, 4) is 11.5 Å². The van der Waals surface area contributed by atoms with E-state index in [0.29, 0.717) is 12.8 Å². The van der Waals surface area contributed by atoms with Crippen molar-refractivity contribution >= 4 is 5.97 Å². The van der Waals surface area contributed by atoms with Crippen molar-refractivity contribution in [1.29, 1.82) is 0 Å². The largest absolute Gasteiger partial charge is 0.505 e. The third-order valence-electron chi connectivity index (χ3n) is 3.01. The molecule has 1 fully saturated rings. The van der Waals surface area contributed by atoms with E-state index in [9.17, 15) is 14.3 Å². The first-order valence-corrected chi connectivity index (χ1v) is 4.89. The summed E-state index contributed by atoms with van der Waals surface area (Å²) in [6.07, 6.45) is 1.08. The zero-order valence-corrected chi connectivity index (χ0v) is 8.40. The summed E-state index contributed by atoms with van der Waals surface area (Å²) in [6.45, 7) is 0. The lowest BCUT2D eigenvalue weighted by atomic mass is 9.91. The van der Waals surface area contributed by atoms with Gasteiger partial charge in [-0.25, -0.2) is 0 Å². The highest BCUT2D eigenvalue weighted by Gasteiger charge is 2.48. The van der Waals surface area contributed by atoms with Crippen LogP contribution in [0.2, 0.25) is 0 Å². The van der Waals surface area contributed by atoms with Crippen LogP contribution in [-0.2, 0) is 10.2 Å². The minimum Gasteiger partial charge on any atom is -0.505 e. The van der Waals surface area contributed by atoms with Crippen molar-refractivity contribution in [2.45, 2.75) is 24.7 Å². The molecule has 16 heavy (non-hydrogen) atoms. The van der Waals surface area contributed by atoms with Crippen LogP contribution >= 0.6 is 0 Å². The highest BCUT2D eigenvalue weighted by atomic mass is 19.1. The number of rotatable bonds is 3. The number of carbonyl (C=O) groups is 1. The van der Waals surface area contributed by atoms with Gasteiger partial charge in [-0.15, -0.1) is 0 Å². The standard InChI is InChI=1S/C11H11FO4/c12-9-7(13)2-1-6(10(9)16)11(3-4-11)5-8(14)15/h1-2,13,16H,3-5H2,(H,14,15). The van der Waals surface area contributed by atoms with Crippen molar-refractivity contribution in [3.05, 3.63) is 23.5 Å². The number of phenols is 2. The molecule has 1 aliphatic rings. The summed E-state index contributed by atoms with van der Waals surface area (Å²) in [5.41, 5.74) is -0.394. The molecule has 86 valence electrons. The molecule has 1 aromatic carbocycles. The van der Waals surface area contributed by atoms with Gasteiger partial charge in [-0.05, 0) is 18.9 Å². The van der Waals surface area contributed by atoms with Crippen molar-refractivity contribution in [2.75, 3.05) is 0 Å². The molecule has 0 aromatic heterocycles. The molecule has 4 nitrogen and oxygen atoms in total. The molecule has 1 saturated carbocycles. The van der Waals surface area contributed by atoms with Gasteiger partial charge >= 0.3 is 5.97 Å². The van der Waals surface area contributed by atoms with Crippen LogP contribution in [0.1, 0.15) is 24.8 Å². The number of carboxylic acid groups (broad SMARTS) is 1. The first kappa shape index (κ1) is 10.7. The summed E-state index contributed by atoms with van der Waals surface area (Å²) in [4.78, 5) is 10.7. The topological polar surface area (TPSA) is 77.8 Å². The minimum absolute atomic E-state index is 0.134. The fraction of sp³-hybridized carbons (Fsp3) is 0.364. The lowest BCUT2D eigenvalue weighted by molar-refractivity contribution is -0.137. The predicted octanol–water partition coefficient (Wildman–Crippen LogP) is 1.74. The average molecular weight is 226 g/mol. The van der Waals surface area contributed by atoms with Gasteiger partial charge in [0.05, 0.1) is 6.42 Å². The number of halogens is 1. The van der Waals surface area contributed by atoms with E-state index < -0.39 is 28.7 Å². The van der Waals surface area contributed by atoms with Crippen LogP contribution in [0.5, 0.6) is 11.5 Å². The fourth-order valence-corrected chi connectivity index (χ4v) is 1.96. The molecule has 0 heterocycles.